The fourth-order valence-electron chi connectivity index (χ4n) is 12.8. The first-order valence-corrected chi connectivity index (χ1v) is 17.7. The minimum atomic E-state index is -0.0920. The summed E-state index contributed by atoms with van der Waals surface area (Å²) in [5, 5.41) is 10.3. The van der Waals surface area contributed by atoms with Crippen LogP contribution in [0.1, 0.15) is 125 Å². The van der Waals surface area contributed by atoms with Crippen molar-refractivity contribution in [3.8, 4) is 0 Å². The fraction of sp³-hybridized carbons (Fsp3) is 0.744. The third kappa shape index (κ3) is 4.01. The van der Waals surface area contributed by atoms with Gasteiger partial charge in [0.25, 0.3) is 0 Å². The standard InChI is InChI=1S/C20H26O2.C19H26O3/c1-12-10-14(21)11-13-4-5-15-16-6-7-18(22)19(16,2)9-8-17(15)20(12,13)3;1-18-10-8-15(20)17(22)14(18)4-3-11-12-5-6-16(21)19(12,2)9-7-13(11)18/h10-11,15-17H,4-9H2,1-3H3;11-13,22H,3-10H2,1-2H3. The molecule has 8 aliphatic rings. The maximum Gasteiger partial charge on any atom is 0.197 e. The highest BCUT2D eigenvalue weighted by molar-refractivity contribution is 6.02. The first kappa shape index (κ1) is 30.4. The fourth-order valence-corrected chi connectivity index (χ4v) is 12.8. The molecule has 5 heteroatoms. The van der Waals surface area contributed by atoms with Gasteiger partial charge in [-0.3, -0.25) is 19.2 Å². The largest absolute Gasteiger partial charge is 0.504 e. The Bertz CT molecular complexity index is 1430. The van der Waals surface area contributed by atoms with Gasteiger partial charge in [0.05, 0.1) is 0 Å². The number of allylic oxidation sites excluding steroid dienone is 5. The second kappa shape index (κ2) is 10.1. The van der Waals surface area contributed by atoms with Crippen molar-refractivity contribution < 1.29 is 24.3 Å². The number of hydrogen-bond acceptors (Lipinski definition) is 5. The van der Waals surface area contributed by atoms with Gasteiger partial charge in [-0.25, -0.2) is 0 Å². The van der Waals surface area contributed by atoms with Crippen molar-refractivity contribution in [1.29, 1.82) is 0 Å². The van der Waals surface area contributed by atoms with Crippen molar-refractivity contribution in [2.75, 3.05) is 0 Å². The second-order valence-electron chi connectivity index (χ2n) is 16.9. The third-order valence-electron chi connectivity index (χ3n) is 15.6. The summed E-state index contributed by atoms with van der Waals surface area (Å²) in [5.74, 6) is 4.66. The number of hydrogen-bond donors (Lipinski definition) is 1. The molecule has 44 heavy (non-hydrogen) atoms. The molecule has 0 amide bonds. The van der Waals surface area contributed by atoms with Gasteiger partial charge in [-0.15, -0.1) is 0 Å². The van der Waals surface area contributed by atoms with E-state index < -0.39 is 0 Å². The quantitative estimate of drug-likeness (QED) is 0.303. The predicted molar refractivity (Wildman–Crippen MR) is 170 cm³/mol. The summed E-state index contributed by atoms with van der Waals surface area (Å²) in [6.07, 6.45) is 17.1. The van der Waals surface area contributed by atoms with E-state index in [0.717, 1.165) is 82.6 Å². The van der Waals surface area contributed by atoms with Gasteiger partial charge in [0.2, 0.25) is 0 Å². The van der Waals surface area contributed by atoms with Crippen LogP contribution in [0.4, 0.5) is 0 Å². The first-order valence-electron chi connectivity index (χ1n) is 17.7. The van der Waals surface area contributed by atoms with Crippen LogP contribution in [-0.4, -0.2) is 28.2 Å². The molecule has 0 aliphatic heterocycles. The molecule has 0 aromatic rings. The van der Waals surface area contributed by atoms with Gasteiger partial charge < -0.3 is 5.11 Å². The topological polar surface area (TPSA) is 88.5 Å². The molecule has 0 radical (unpaired) electrons. The summed E-state index contributed by atoms with van der Waals surface area (Å²) in [7, 11) is 0. The summed E-state index contributed by atoms with van der Waals surface area (Å²) in [6.45, 7) is 11.2. The smallest absolute Gasteiger partial charge is 0.197 e. The number of Topliss-reactive ketones (excluding diaryl/α,β-unsaturated/α-hetero) is 3. The molecule has 238 valence electrons. The Morgan fingerprint density at radius 1 is 0.614 bits per heavy atom. The maximum atomic E-state index is 12.4. The van der Waals surface area contributed by atoms with Crippen molar-refractivity contribution in [2.24, 2.45) is 57.2 Å². The lowest BCUT2D eigenvalue weighted by molar-refractivity contribution is -0.133. The van der Waals surface area contributed by atoms with Crippen LogP contribution in [0.2, 0.25) is 0 Å². The SMILES string of the molecule is CC12CCC3C(CCC4=C(O)C(=O)CCC43C)C1CCC2=O.CC1=CC(=O)C=C2CCC3C4CCC(=O)C4(C)CCC3C12C. The minimum Gasteiger partial charge on any atom is -0.504 e. The Morgan fingerprint density at radius 2 is 1.16 bits per heavy atom. The van der Waals surface area contributed by atoms with Crippen molar-refractivity contribution in [3.63, 3.8) is 0 Å². The van der Waals surface area contributed by atoms with Crippen LogP contribution < -0.4 is 0 Å². The first-order chi connectivity index (χ1) is 20.7. The van der Waals surface area contributed by atoms with E-state index in [0.29, 0.717) is 53.5 Å². The lowest BCUT2D eigenvalue weighted by Gasteiger charge is -2.57. The van der Waals surface area contributed by atoms with E-state index in [4.69, 9.17) is 0 Å². The zero-order valence-corrected chi connectivity index (χ0v) is 27.6. The summed E-state index contributed by atoms with van der Waals surface area (Å²) in [5.41, 5.74) is 3.52. The maximum absolute atomic E-state index is 12.4. The Morgan fingerprint density at radius 3 is 1.80 bits per heavy atom. The number of carbonyl (C=O) groups excluding carboxylic acids is 4. The zero-order chi connectivity index (χ0) is 31.4. The molecule has 0 bridgehead atoms. The van der Waals surface area contributed by atoms with Crippen LogP contribution >= 0.6 is 0 Å². The van der Waals surface area contributed by atoms with E-state index in [1.807, 2.05) is 12.2 Å². The number of aliphatic hydroxyl groups excluding tert-OH is 1. The van der Waals surface area contributed by atoms with E-state index in [-0.39, 0.29) is 39.0 Å². The molecule has 0 saturated heterocycles. The molecule has 6 saturated carbocycles. The number of fused-ring (bicyclic) bond motifs is 10. The lowest BCUT2D eigenvalue weighted by Crippen LogP contribution is -2.51. The van der Waals surface area contributed by atoms with E-state index in [2.05, 4.69) is 34.6 Å². The molecule has 10 atom stereocenters. The third-order valence-corrected chi connectivity index (χ3v) is 15.6. The molecule has 5 nitrogen and oxygen atoms in total. The van der Waals surface area contributed by atoms with Crippen molar-refractivity contribution in [1.82, 2.24) is 0 Å². The highest BCUT2D eigenvalue weighted by Crippen LogP contribution is 2.66. The van der Waals surface area contributed by atoms with Crippen LogP contribution in [0, 0.1) is 57.2 Å². The van der Waals surface area contributed by atoms with Gasteiger partial charge in [0.15, 0.2) is 17.3 Å². The molecule has 8 rings (SSSR count). The van der Waals surface area contributed by atoms with Gasteiger partial charge in [-0.05, 0) is 136 Å². The Labute approximate surface area is 263 Å². The monoisotopic (exact) mass is 600 g/mol. The summed E-state index contributed by atoms with van der Waals surface area (Å²) < 4.78 is 0. The van der Waals surface area contributed by atoms with E-state index in [1.165, 1.54) is 17.6 Å². The molecule has 0 spiro atoms. The van der Waals surface area contributed by atoms with E-state index >= 15 is 0 Å². The van der Waals surface area contributed by atoms with Gasteiger partial charge in [0.1, 0.15) is 11.6 Å². The number of carbonyl (C=O) groups is 4. The van der Waals surface area contributed by atoms with Crippen LogP contribution in [0.5, 0.6) is 0 Å². The molecule has 8 aliphatic carbocycles. The minimum absolute atomic E-state index is 0.0200. The van der Waals surface area contributed by atoms with Crippen LogP contribution in [0.3, 0.4) is 0 Å². The van der Waals surface area contributed by atoms with Crippen molar-refractivity contribution in [2.45, 2.75) is 125 Å². The summed E-state index contributed by atoms with van der Waals surface area (Å²) in [4.78, 5) is 48.6. The number of ketones is 4. The molecule has 0 aromatic carbocycles. The number of aliphatic hydroxyl groups is 1. The molecule has 0 aromatic heterocycles. The van der Waals surface area contributed by atoms with Crippen LogP contribution in [-0.2, 0) is 19.2 Å². The molecule has 6 fully saturated rings. The average Bonchev–Trinajstić information content (AvgIpc) is 3.46. The Balaban J connectivity index is 0.000000142. The molecule has 10 unspecified atom stereocenters. The van der Waals surface area contributed by atoms with E-state index in [1.54, 1.807) is 0 Å². The van der Waals surface area contributed by atoms with Crippen LogP contribution in [0.25, 0.3) is 0 Å². The summed E-state index contributed by atoms with van der Waals surface area (Å²) >= 11 is 0. The molecule has 1 N–H and O–H groups in total. The number of rotatable bonds is 0. The van der Waals surface area contributed by atoms with Crippen LogP contribution in [0.15, 0.2) is 34.6 Å². The Hall–Kier alpha value is -2.30. The summed E-state index contributed by atoms with van der Waals surface area (Å²) in [6, 6.07) is 0. The zero-order valence-electron chi connectivity index (χ0n) is 27.6. The average molecular weight is 601 g/mol. The van der Waals surface area contributed by atoms with Crippen molar-refractivity contribution >= 4 is 23.1 Å². The Kier molecular flexibility index (Phi) is 6.97. The van der Waals surface area contributed by atoms with E-state index in [9.17, 15) is 24.3 Å². The second-order valence-corrected chi connectivity index (χ2v) is 16.9. The van der Waals surface area contributed by atoms with Gasteiger partial charge in [0, 0.05) is 35.5 Å². The van der Waals surface area contributed by atoms with Gasteiger partial charge in [-0.2, -0.15) is 0 Å². The lowest BCUT2D eigenvalue weighted by atomic mass is 9.47. The molecular formula is C39H52O5. The molecular weight excluding hydrogens is 548 g/mol. The van der Waals surface area contributed by atoms with Gasteiger partial charge in [-0.1, -0.05) is 38.8 Å². The highest BCUT2D eigenvalue weighted by Gasteiger charge is 2.61. The normalized spacial score (nSPS) is 47.7. The highest BCUT2D eigenvalue weighted by atomic mass is 16.3. The molecule has 0 heterocycles. The van der Waals surface area contributed by atoms with Gasteiger partial charge >= 0.3 is 0 Å². The predicted octanol–water partition coefficient (Wildman–Crippen LogP) is 8.23. The van der Waals surface area contributed by atoms with Crippen molar-refractivity contribution in [3.05, 3.63) is 34.6 Å².